The molecule has 0 unspecified atom stereocenters. The molecule has 1 heterocycles. The van der Waals surface area contributed by atoms with Crippen LogP contribution in [0, 0.1) is 12.3 Å². The molecular weight excluding hydrogens is 392 g/mol. The van der Waals surface area contributed by atoms with Crippen molar-refractivity contribution in [3.63, 3.8) is 0 Å². The van der Waals surface area contributed by atoms with Crippen molar-refractivity contribution >= 4 is 28.5 Å². The maximum Gasteiger partial charge on any atom is 0.325 e. The highest BCUT2D eigenvalue weighted by atomic mass is 16.3. The van der Waals surface area contributed by atoms with Crippen molar-refractivity contribution in [1.82, 2.24) is 4.57 Å². The van der Waals surface area contributed by atoms with Crippen LogP contribution in [0.1, 0.15) is 50.3 Å². The van der Waals surface area contributed by atoms with Gasteiger partial charge in [0.1, 0.15) is 11.6 Å². The number of hydrogen-bond donors (Lipinski definition) is 4. The predicted octanol–water partition coefficient (Wildman–Crippen LogP) is 4.71. The first-order valence-electron chi connectivity index (χ1n) is 10.5. The van der Waals surface area contributed by atoms with Gasteiger partial charge in [-0.15, -0.1) is 0 Å². The number of aliphatic hydroxyl groups excluding tert-OH is 1. The Morgan fingerprint density at radius 2 is 1.87 bits per heavy atom. The minimum Gasteiger partial charge on any atom is -0.507 e. The van der Waals surface area contributed by atoms with Crippen LogP contribution in [0.5, 0.6) is 5.75 Å². The average Bonchev–Trinajstić information content (AvgIpc) is 3.11. The molecule has 0 bridgehead atoms. The van der Waals surface area contributed by atoms with Crippen molar-refractivity contribution in [3.8, 4) is 5.75 Å². The second kappa shape index (κ2) is 10.1. The predicted molar refractivity (Wildman–Crippen MR) is 126 cm³/mol. The fourth-order valence-corrected chi connectivity index (χ4v) is 3.64. The van der Waals surface area contributed by atoms with Gasteiger partial charge in [0, 0.05) is 23.6 Å². The maximum atomic E-state index is 12.2. The van der Waals surface area contributed by atoms with E-state index in [1.807, 2.05) is 57.5 Å². The molecule has 166 valence electrons. The van der Waals surface area contributed by atoms with E-state index in [1.54, 1.807) is 24.3 Å². The topological polar surface area (TPSA) is 116 Å². The number of hydrogen-bond acceptors (Lipinski definition) is 4. The number of carbonyl (C=O) groups excluding carboxylic acids is 1. The first-order chi connectivity index (χ1) is 14.7. The first kappa shape index (κ1) is 24.0. The number of benzene rings is 2. The molecule has 0 saturated heterocycles. The van der Waals surface area contributed by atoms with Crippen molar-refractivity contribution in [2.24, 2.45) is 5.73 Å². The lowest BCUT2D eigenvalue weighted by Gasteiger charge is -2.23. The van der Waals surface area contributed by atoms with Crippen LogP contribution in [-0.4, -0.2) is 33.3 Å². The molecule has 2 amide bonds. The van der Waals surface area contributed by atoms with E-state index < -0.39 is 6.03 Å². The van der Waals surface area contributed by atoms with Gasteiger partial charge >= 0.3 is 6.03 Å². The van der Waals surface area contributed by atoms with E-state index in [2.05, 4.69) is 0 Å². The van der Waals surface area contributed by atoms with Crippen molar-refractivity contribution in [3.05, 3.63) is 59.3 Å². The number of anilines is 1. The molecule has 5 N–H and O–H groups in total. The highest BCUT2D eigenvalue weighted by molar-refractivity contribution is 6.22. The Labute approximate surface area is 183 Å². The number of nitrogens with two attached hydrogens (primary N) is 1. The molecule has 2 aromatic carbocycles. The minimum absolute atomic E-state index is 0.0223. The van der Waals surface area contributed by atoms with E-state index in [0.29, 0.717) is 12.2 Å². The molecule has 7 heteroatoms. The number of nitrogens with zero attached hydrogens (tertiary/aromatic N) is 2. The molecular formula is C24H32N4O3. The number of amidine groups is 1. The summed E-state index contributed by atoms with van der Waals surface area (Å²) < 4.78 is 1.90. The van der Waals surface area contributed by atoms with E-state index in [0.717, 1.165) is 26.9 Å². The summed E-state index contributed by atoms with van der Waals surface area (Å²) in [7, 11) is 0. The highest BCUT2D eigenvalue weighted by Gasteiger charge is 2.23. The van der Waals surface area contributed by atoms with Gasteiger partial charge in [-0.3, -0.25) is 5.41 Å². The molecule has 1 aromatic heterocycles. The van der Waals surface area contributed by atoms with Crippen LogP contribution in [0.15, 0.2) is 42.6 Å². The molecule has 0 aliphatic heterocycles. The number of phenols is 1. The molecule has 0 radical (unpaired) electrons. The summed E-state index contributed by atoms with van der Waals surface area (Å²) in [5.74, 6) is -0.0591. The van der Waals surface area contributed by atoms with Gasteiger partial charge in [0.25, 0.3) is 0 Å². The lowest BCUT2D eigenvalue weighted by Crippen LogP contribution is -2.41. The Morgan fingerprint density at radius 1 is 1.19 bits per heavy atom. The number of carbonyl (C=O) groups is 1. The van der Waals surface area contributed by atoms with Crippen LogP contribution in [0.25, 0.3) is 10.9 Å². The van der Waals surface area contributed by atoms with E-state index in [1.165, 1.54) is 0 Å². The Hall–Kier alpha value is -3.32. The van der Waals surface area contributed by atoms with Gasteiger partial charge in [0.2, 0.25) is 0 Å². The van der Waals surface area contributed by atoms with Gasteiger partial charge in [-0.2, -0.15) is 0 Å². The third-order valence-corrected chi connectivity index (χ3v) is 5.06. The molecule has 0 aliphatic rings. The smallest absolute Gasteiger partial charge is 0.325 e. The maximum absolute atomic E-state index is 12.2. The number of amides is 2. The van der Waals surface area contributed by atoms with Crippen LogP contribution in [0.2, 0.25) is 0 Å². The second-order valence-electron chi connectivity index (χ2n) is 7.38. The average molecular weight is 425 g/mol. The third-order valence-electron chi connectivity index (χ3n) is 5.06. The van der Waals surface area contributed by atoms with Crippen LogP contribution in [-0.2, 0) is 6.54 Å². The molecule has 3 aromatic rings. The number of urea groups is 1. The number of aryl methyl sites for hydroxylation is 1. The number of primary amides is 1. The van der Waals surface area contributed by atoms with Crippen LogP contribution in [0.3, 0.4) is 0 Å². The Morgan fingerprint density at radius 3 is 2.45 bits per heavy atom. The molecule has 0 saturated carbocycles. The van der Waals surface area contributed by atoms with Crippen LogP contribution in [0.4, 0.5) is 10.5 Å². The quantitative estimate of drug-likeness (QED) is 0.351. The number of aromatic hydroxyl groups is 1. The Kier molecular flexibility index (Phi) is 7.83. The van der Waals surface area contributed by atoms with Crippen molar-refractivity contribution in [2.75, 3.05) is 11.5 Å². The zero-order chi connectivity index (χ0) is 23.3. The summed E-state index contributed by atoms with van der Waals surface area (Å²) in [6, 6.07) is 9.69. The molecule has 0 atom stereocenters. The normalized spacial score (nSPS) is 10.7. The second-order valence-corrected chi connectivity index (χ2v) is 7.38. The highest BCUT2D eigenvalue weighted by Crippen LogP contribution is 2.30. The summed E-state index contributed by atoms with van der Waals surface area (Å²) in [6.07, 6.45) is 1.85. The summed E-state index contributed by atoms with van der Waals surface area (Å²) >= 11 is 0. The van der Waals surface area contributed by atoms with Crippen LogP contribution < -0.4 is 10.6 Å². The fraction of sp³-hybridized carbons (Fsp3) is 0.333. The zero-order valence-corrected chi connectivity index (χ0v) is 18.8. The molecule has 0 aliphatic carbocycles. The molecule has 31 heavy (non-hydrogen) atoms. The number of rotatable bonds is 5. The van der Waals surface area contributed by atoms with Gasteiger partial charge in [0.15, 0.2) is 0 Å². The standard InChI is InChI=1S/C22H26N4O3.C2H6/c1-13(2)17-12-18(20(28)10-14(17)3)21(23)26(22(24)29)16-4-5-19-15(11-16)6-7-25(19)8-9-27;1-2/h4-7,10-13,23,27-28H,8-9H2,1-3H3,(H2,24,29);1-2H3. The van der Waals surface area contributed by atoms with Crippen molar-refractivity contribution < 1.29 is 15.0 Å². The summed E-state index contributed by atoms with van der Waals surface area (Å²) in [5, 5.41) is 29.1. The van der Waals surface area contributed by atoms with Gasteiger partial charge in [-0.05, 0) is 60.4 Å². The van der Waals surface area contributed by atoms with E-state index >= 15 is 0 Å². The molecule has 0 spiro atoms. The lowest BCUT2D eigenvalue weighted by molar-refractivity contribution is 0.256. The molecule has 0 fully saturated rings. The zero-order valence-electron chi connectivity index (χ0n) is 18.8. The SMILES string of the molecule is CC.Cc1cc(O)c(C(=N)N(C(N)=O)c2ccc3c(ccn3CCO)c2)cc1C(C)C. The first-order valence-corrected chi connectivity index (χ1v) is 10.5. The van der Waals surface area contributed by atoms with Gasteiger partial charge in [-0.25, -0.2) is 9.69 Å². The number of aromatic nitrogens is 1. The van der Waals surface area contributed by atoms with Gasteiger partial charge < -0.3 is 20.5 Å². The molecule has 7 nitrogen and oxygen atoms in total. The largest absolute Gasteiger partial charge is 0.507 e. The minimum atomic E-state index is -0.810. The van der Waals surface area contributed by atoms with Crippen molar-refractivity contribution in [1.29, 1.82) is 5.41 Å². The number of aliphatic hydroxyl groups is 1. The summed E-state index contributed by atoms with van der Waals surface area (Å²) in [6.45, 7) is 10.5. The van der Waals surface area contributed by atoms with Crippen molar-refractivity contribution in [2.45, 2.75) is 47.1 Å². The monoisotopic (exact) mass is 424 g/mol. The van der Waals surface area contributed by atoms with Gasteiger partial charge in [0.05, 0.1) is 17.9 Å². The fourth-order valence-electron chi connectivity index (χ4n) is 3.64. The Bertz CT molecular complexity index is 1090. The van der Waals surface area contributed by atoms with Gasteiger partial charge in [-0.1, -0.05) is 27.7 Å². The van der Waals surface area contributed by atoms with E-state index in [9.17, 15) is 15.0 Å². The Balaban J connectivity index is 0.00000166. The summed E-state index contributed by atoms with van der Waals surface area (Å²) in [5.41, 5.74) is 9.10. The van der Waals surface area contributed by atoms with E-state index in [-0.39, 0.29) is 29.7 Å². The summed E-state index contributed by atoms with van der Waals surface area (Å²) in [4.78, 5) is 13.3. The number of phenolic OH excluding ortho intramolecular Hbond substituents is 1. The van der Waals surface area contributed by atoms with E-state index in [4.69, 9.17) is 11.1 Å². The lowest BCUT2D eigenvalue weighted by atomic mass is 9.94. The molecule has 3 rings (SSSR count). The number of nitrogens with one attached hydrogen (secondary N) is 1. The number of fused-ring (bicyclic) bond motifs is 1. The van der Waals surface area contributed by atoms with Crippen LogP contribution >= 0.6 is 0 Å². The third kappa shape index (κ3) is 4.88.